The fourth-order valence-electron chi connectivity index (χ4n) is 3.75. The van der Waals surface area contributed by atoms with E-state index in [9.17, 15) is 14.9 Å². The van der Waals surface area contributed by atoms with E-state index in [1.54, 1.807) is 26.2 Å². The summed E-state index contributed by atoms with van der Waals surface area (Å²) in [6.45, 7) is 3.00. The van der Waals surface area contributed by atoms with Crippen LogP contribution in [0.2, 0.25) is 0 Å². The maximum atomic E-state index is 11.9. The van der Waals surface area contributed by atoms with Crippen molar-refractivity contribution in [1.82, 2.24) is 0 Å². The summed E-state index contributed by atoms with van der Waals surface area (Å²) in [6.07, 6.45) is 3.57. The van der Waals surface area contributed by atoms with Crippen molar-refractivity contribution >= 4 is 23.3 Å². The number of nitrogens with zero attached hydrogens (tertiary/aromatic N) is 1. The number of rotatable bonds is 11. The lowest BCUT2D eigenvalue weighted by atomic mass is 9.88. The zero-order valence-electron chi connectivity index (χ0n) is 17.8. The molecule has 0 aromatic heterocycles. The molecular formula is C24H27NO6. The van der Waals surface area contributed by atoms with Crippen LogP contribution in [0.25, 0.3) is 11.6 Å². The third-order valence-corrected chi connectivity index (χ3v) is 5.25. The van der Waals surface area contributed by atoms with Crippen LogP contribution in [0.3, 0.4) is 0 Å². The highest BCUT2D eigenvalue weighted by atomic mass is 16.6. The van der Waals surface area contributed by atoms with Crippen molar-refractivity contribution < 1.29 is 23.9 Å². The van der Waals surface area contributed by atoms with E-state index in [1.165, 1.54) is 6.07 Å². The number of nitro benzene ring substituents is 1. The average molecular weight is 425 g/mol. The first kappa shape index (κ1) is 22.5. The van der Waals surface area contributed by atoms with Gasteiger partial charge in [0.1, 0.15) is 5.75 Å². The maximum absolute atomic E-state index is 11.9. The lowest BCUT2D eigenvalue weighted by molar-refractivity contribution is -0.385. The molecule has 2 aromatic carbocycles. The SMILES string of the molecule is CCC(=O)OCCC1C(c2ccc(OCCCOC)cc2[N+](=O)[O-])=Cc2ccccc21. The molecule has 0 spiro atoms. The number of hydrogen-bond acceptors (Lipinski definition) is 6. The van der Waals surface area contributed by atoms with Crippen LogP contribution in [0.15, 0.2) is 42.5 Å². The number of methoxy groups -OCH3 is 1. The van der Waals surface area contributed by atoms with Gasteiger partial charge in [0, 0.05) is 32.5 Å². The summed E-state index contributed by atoms with van der Waals surface area (Å²) >= 11 is 0. The van der Waals surface area contributed by atoms with Gasteiger partial charge in [0.25, 0.3) is 5.69 Å². The summed E-state index contributed by atoms with van der Waals surface area (Å²) in [4.78, 5) is 23.0. The average Bonchev–Trinajstić information content (AvgIpc) is 3.15. The molecule has 0 aliphatic heterocycles. The van der Waals surface area contributed by atoms with E-state index in [2.05, 4.69) is 0 Å². The smallest absolute Gasteiger partial charge is 0.305 e. The minimum Gasteiger partial charge on any atom is -0.493 e. The number of ether oxygens (including phenoxy) is 3. The molecular weight excluding hydrogens is 398 g/mol. The molecule has 1 atom stereocenters. The molecule has 0 saturated carbocycles. The van der Waals surface area contributed by atoms with Crippen molar-refractivity contribution in [1.29, 1.82) is 0 Å². The first-order valence-corrected chi connectivity index (χ1v) is 10.4. The zero-order chi connectivity index (χ0) is 22.2. The van der Waals surface area contributed by atoms with Gasteiger partial charge in [-0.25, -0.2) is 0 Å². The molecule has 2 aromatic rings. The van der Waals surface area contributed by atoms with Gasteiger partial charge in [-0.15, -0.1) is 0 Å². The Morgan fingerprint density at radius 2 is 1.94 bits per heavy atom. The summed E-state index contributed by atoms with van der Waals surface area (Å²) in [5.74, 6) is 0.113. The van der Waals surface area contributed by atoms with Crippen molar-refractivity contribution in [2.45, 2.75) is 32.1 Å². The van der Waals surface area contributed by atoms with Gasteiger partial charge >= 0.3 is 5.97 Å². The van der Waals surface area contributed by atoms with Crippen LogP contribution < -0.4 is 4.74 Å². The largest absolute Gasteiger partial charge is 0.493 e. The predicted molar refractivity (Wildman–Crippen MR) is 118 cm³/mol. The number of fused-ring (bicyclic) bond motifs is 1. The monoisotopic (exact) mass is 425 g/mol. The Morgan fingerprint density at radius 1 is 1.13 bits per heavy atom. The first-order valence-electron chi connectivity index (χ1n) is 10.4. The second-order valence-electron chi connectivity index (χ2n) is 7.27. The molecule has 1 aliphatic rings. The number of esters is 1. The standard InChI is InChI=1S/C24H27NO6/c1-3-24(26)31-14-11-20-19-8-5-4-7-17(19)15-22(20)21-10-9-18(16-23(21)25(27)28)30-13-6-12-29-2/h4-5,7-10,15-16,20H,3,6,11-14H2,1-2H3. The van der Waals surface area contributed by atoms with Crippen LogP contribution in [-0.4, -0.2) is 37.8 Å². The maximum Gasteiger partial charge on any atom is 0.305 e. The molecule has 31 heavy (non-hydrogen) atoms. The second kappa shape index (κ2) is 10.7. The lowest BCUT2D eigenvalue weighted by Gasteiger charge is -2.18. The summed E-state index contributed by atoms with van der Waals surface area (Å²) in [5, 5.41) is 11.9. The molecule has 0 saturated heterocycles. The number of allylic oxidation sites excluding steroid dienone is 1. The molecule has 7 nitrogen and oxygen atoms in total. The van der Waals surface area contributed by atoms with Gasteiger partial charge in [-0.1, -0.05) is 31.2 Å². The highest BCUT2D eigenvalue weighted by Crippen LogP contribution is 2.46. The number of hydrogen-bond donors (Lipinski definition) is 0. The third kappa shape index (κ3) is 5.49. The Bertz CT molecular complexity index is 968. The Labute approximate surface area is 181 Å². The molecule has 3 rings (SSSR count). The van der Waals surface area contributed by atoms with Crippen LogP contribution in [0.5, 0.6) is 5.75 Å². The number of carbonyl (C=O) groups is 1. The van der Waals surface area contributed by atoms with Crippen molar-refractivity contribution in [2.24, 2.45) is 0 Å². The van der Waals surface area contributed by atoms with Gasteiger partial charge in [0.15, 0.2) is 0 Å². The molecule has 164 valence electrons. The van der Waals surface area contributed by atoms with Crippen LogP contribution in [0, 0.1) is 10.1 Å². The van der Waals surface area contributed by atoms with E-state index >= 15 is 0 Å². The summed E-state index contributed by atoms with van der Waals surface area (Å²) in [6, 6.07) is 12.9. The normalized spacial score (nSPS) is 14.6. The van der Waals surface area contributed by atoms with E-state index < -0.39 is 0 Å². The van der Waals surface area contributed by atoms with Crippen molar-refractivity contribution in [3.63, 3.8) is 0 Å². The molecule has 1 unspecified atom stereocenters. The zero-order valence-corrected chi connectivity index (χ0v) is 17.8. The summed E-state index contributed by atoms with van der Waals surface area (Å²) in [7, 11) is 1.62. The topological polar surface area (TPSA) is 87.9 Å². The van der Waals surface area contributed by atoms with E-state index in [1.807, 2.05) is 30.3 Å². The minimum absolute atomic E-state index is 0.00106. The fourth-order valence-corrected chi connectivity index (χ4v) is 3.75. The highest BCUT2D eigenvalue weighted by molar-refractivity contribution is 5.94. The van der Waals surface area contributed by atoms with Gasteiger partial charge < -0.3 is 14.2 Å². The van der Waals surface area contributed by atoms with Crippen molar-refractivity contribution in [3.05, 3.63) is 69.3 Å². The predicted octanol–water partition coefficient (Wildman–Crippen LogP) is 4.99. The van der Waals surface area contributed by atoms with Gasteiger partial charge in [0.05, 0.1) is 29.8 Å². The van der Waals surface area contributed by atoms with Gasteiger partial charge in [-0.05, 0) is 41.3 Å². The van der Waals surface area contributed by atoms with E-state index in [-0.39, 0.29) is 29.1 Å². The lowest BCUT2D eigenvalue weighted by Crippen LogP contribution is -2.09. The molecule has 0 bridgehead atoms. The van der Waals surface area contributed by atoms with Crippen LogP contribution in [0.1, 0.15) is 48.8 Å². The highest BCUT2D eigenvalue weighted by Gasteiger charge is 2.30. The van der Waals surface area contributed by atoms with E-state index in [0.717, 1.165) is 16.7 Å². The van der Waals surface area contributed by atoms with E-state index in [0.29, 0.717) is 43.8 Å². The number of benzene rings is 2. The summed E-state index contributed by atoms with van der Waals surface area (Å²) in [5.41, 5.74) is 3.51. The molecule has 0 radical (unpaired) electrons. The van der Waals surface area contributed by atoms with E-state index in [4.69, 9.17) is 14.2 Å². The van der Waals surface area contributed by atoms with Crippen LogP contribution >= 0.6 is 0 Å². The van der Waals surface area contributed by atoms with Crippen LogP contribution in [0.4, 0.5) is 5.69 Å². The second-order valence-corrected chi connectivity index (χ2v) is 7.27. The van der Waals surface area contributed by atoms with Crippen molar-refractivity contribution in [3.8, 4) is 5.75 Å². The molecule has 7 heteroatoms. The molecule has 0 fully saturated rings. The minimum atomic E-state index is -0.380. The number of carbonyl (C=O) groups excluding carboxylic acids is 1. The Kier molecular flexibility index (Phi) is 7.78. The van der Waals surface area contributed by atoms with Gasteiger partial charge in [-0.2, -0.15) is 0 Å². The fraction of sp³-hybridized carbons (Fsp3) is 0.375. The van der Waals surface area contributed by atoms with Crippen molar-refractivity contribution in [2.75, 3.05) is 26.9 Å². The van der Waals surface area contributed by atoms with Gasteiger partial charge in [0.2, 0.25) is 0 Å². The molecule has 0 amide bonds. The molecule has 0 heterocycles. The first-order chi connectivity index (χ1) is 15.0. The Morgan fingerprint density at radius 3 is 2.68 bits per heavy atom. The summed E-state index contributed by atoms with van der Waals surface area (Å²) < 4.78 is 15.9. The quantitative estimate of drug-likeness (QED) is 0.218. The van der Waals surface area contributed by atoms with Crippen LogP contribution in [-0.2, 0) is 14.3 Å². The van der Waals surface area contributed by atoms with Gasteiger partial charge in [-0.3, -0.25) is 14.9 Å². The molecule has 0 N–H and O–H groups in total. The number of nitro groups is 1. The molecule has 1 aliphatic carbocycles. The third-order valence-electron chi connectivity index (χ3n) is 5.25. The Hall–Kier alpha value is -3.19. The Balaban J connectivity index is 1.87.